The molecule has 3 heterocycles. The first-order chi connectivity index (χ1) is 13.0. The molecule has 0 saturated carbocycles. The minimum Gasteiger partial charge on any atom is -0.480 e. The molecule has 0 radical (unpaired) electrons. The largest absolute Gasteiger partial charge is 0.480 e. The quantitative estimate of drug-likeness (QED) is 0.811. The van der Waals surface area contributed by atoms with Crippen molar-refractivity contribution in [3.05, 3.63) is 29.6 Å². The van der Waals surface area contributed by atoms with Gasteiger partial charge in [-0.15, -0.1) is 0 Å². The highest BCUT2D eigenvalue weighted by atomic mass is 19.1. The van der Waals surface area contributed by atoms with Crippen LogP contribution in [0.3, 0.4) is 0 Å². The van der Waals surface area contributed by atoms with E-state index in [4.69, 9.17) is 4.74 Å². The Morgan fingerprint density at radius 2 is 1.81 bits per heavy atom. The molecule has 1 aromatic carbocycles. The van der Waals surface area contributed by atoms with E-state index in [1.54, 1.807) is 6.07 Å². The average molecular weight is 375 g/mol. The molecule has 148 valence electrons. The maximum atomic E-state index is 13.4. The van der Waals surface area contributed by atoms with Crippen molar-refractivity contribution >= 4 is 5.91 Å². The molecule has 0 aliphatic carbocycles. The lowest BCUT2D eigenvalue weighted by Crippen LogP contribution is -2.55. The molecule has 0 aromatic heterocycles. The van der Waals surface area contributed by atoms with E-state index in [0.717, 1.165) is 57.7 Å². The summed E-state index contributed by atoms with van der Waals surface area (Å²) >= 11 is 0. The molecule has 0 spiro atoms. The van der Waals surface area contributed by atoms with E-state index in [2.05, 4.69) is 23.6 Å². The molecule has 4 rings (SSSR count). The third kappa shape index (κ3) is 3.97. The van der Waals surface area contributed by atoms with Gasteiger partial charge >= 0.3 is 0 Å². The van der Waals surface area contributed by atoms with Crippen LogP contribution >= 0.6 is 0 Å². The van der Waals surface area contributed by atoms with E-state index in [9.17, 15) is 9.18 Å². The van der Waals surface area contributed by atoms with Crippen LogP contribution in [0.25, 0.3) is 0 Å². The maximum Gasteiger partial charge on any atom is 0.263 e. The molecule has 1 unspecified atom stereocenters. The van der Waals surface area contributed by atoms with Gasteiger partial charge in [0.25, 0.3) is 5.91 Å². The Bertz CT molecular complexity index is 680. The summed E-state index contributed by atoms with van der Waals surface area (Å²) in [7, 11) is 0. The molecular formula is C21H30FN3O2. The zero-order valence-electron chi connectivity index (χ0n) is 16.4. The Balaban J connectivity index is 1.27. The molecule has 1 aromatic rings. The topological polar surface area (TPSA) is 36.0 Å². The number of fused-ring (bicyclic) bond motifs is 1. The fourth-order valence-corrected chi connectivity index (χ4v) is 4.63. The van der Waals surface area contributed by atoms with Crippen LogP contribution in [0.5, 0.6) is 5.75 Å². The molecule has 0 N–H and O–H groups in total. The summed E-state index contributed by atoms with van der Waals surface area (Å²) in [5, 5.41) is 0. The summed E-state index contributed by atoms with van der Waals surface area (Å²) in [5.41, 5.74) is 0.797. The predicted octanol–water partition coefficient (Wildman–Crippen LogP) is 2.15. The highest BCUT2D eigenvalue weighted by Crippen LogP contribution is 2.30. The summed E-state index contributed by atoms with van der Waals surface area (Å²) < 4.78 is 19.2. The third-order valence-corrected chi connectivity index (χ3v) is 6.34. The number of carbonyl (C=O) groups excluding carboxylic acids is 1. The third-order valence-electron chi connectivity index (χ3n) is 6.34. The van der Waals surface area contributed by atoms with Crippen LogP contribution in [0.2, 0.25) is 0 Å². The van der Waals surface area contributed by atoms with E-state index < -0.39 is 6.10 Å². The molecule has 2 fully saturated rings. The lowest BCUT2D eigenvalue weighted by atomic mass is 10.0. The SMILES string of the molecule is CC(C)N1CCN(C2CCN(C(=O)C3Cc4cc(F)ccc4O3)CC2)CC1. The first kappa shape index (κ1) is 18.7. The van der Waals surface area contributed by atoms with E-state index in [1.165, 1.54) is 12.1 Å². The Morgan fingerprint density at radius 1 is 1.11 bits per heavy atom. The van der Waals surface area contributed by atoms with Gasteiger partial charge in [-0.05, 0) is 44.9 Å². The summed E-state index contributed by atoms with van der Waals surface area (Å²) in [6.45, 7) is 10.6. The molecule has 3 aliphatic heterocycles. The zero-order valence-corrected chi connectivity index (χ0v) is 16.4. The second-order valence-corrected chi connectivity index (χ2v) is 8.28. The van der Waals surface area contributed by atoms with Crippen LogP contribution in [-0.2, 0) is 11.2 Å². The Morgan fingerprint density at radius 3 is 2.48 bits per heavy atom. The van der Waals surface area contributed by atoms with Gasteiger partial charge in [0.05, 0.1) is 0 Å². The normalized spacial score (nSPS) is 24.9. The first-order valence-electron chi connectivity index (χ1n) is 10.2. The number of amides is 1. The summed E-state index contributed by atoms with van der Waals surface area (Å²) in [6, 6.07) is 5.69. The number of ether oxygens (including phenoxy) is 1. The number of rotatable bonds is 3. The van der Waals surface area contributed by atoms with Gasteiger partial charge in [-0.25, -0.2) is 4.39 Å². The monoisotopic (exact) mass is 375 g/mol. The first-order valence-corrected chi connectivity index (χ1v) is 10.2. The van der Waals surface area contributed by atoms with Crippen molar-refractivity contribution < 1.29 is 13.9 Å². The van der Waals surface area contributed by atoms with Crippen molar-refractivity contribution in [2.24, 2.45) is 0 Å². The van der Waals surface area contributed by atoms with Crippen LogP contribution in [0.4, 0.5) is 4.39 Å². The van der Waals surface area contributed by atoms with E-state index in [1.807, 2.05) is 4.90 Å². The number of hydrogen-bond donors (Lipinski definition) is 0. The van der Waals surface area contributed by atoms with Crippen LogP contribution in [0.15, 0.2) is 18.2 Å². The fourth-order valence-electron chi connectivity index (χ4n) is 4.63. The lowest BCUT2D eigenvalue weighted by molar-refractivity contribution is -0.139. The molecule has 6 heteroatoms. The van der Waals surface area contributed by atoms with Gasteiger partial charge in [0.15, 0.2) is 6.10 Å². The molecular weight excluding hydrogens is 345 g/mol. The van der Waals surface area contributed by atoms with Crippen molar-refractivity contribution in [2.75, 3.05) is 39.3 Å². The van der Waals surface area contributed by atoms with Gasteiger partial charge in [0.1, 0.15) is 11.6 Å². The molecule has 1 amide bonds. The minimum absolute atomic E-state index is 0.0506. The Hall–Kier alpha value is -1.66. The second-order valence-electron chi connectivity index (χ2n) is 8.28. The Labute approximate surface area is 161 Å². The number of piperazine rings is 1. The minimum atomic E-state index is -0.493. The number of likely N-dealkylation sites (tertiary alicyclic amines) is 1. The molecule has 3 aliphatic rings. The van der Waals surface area contributed by atoms with E-state index in [-0.39, 0.29) is 11.7 Å². The molecule has 5 nitrogen and oxygen atoms in total. The number of halogens is 1. The predicted molar refractivity (Wildman–Crippen MR) is 102 cm³/mol. The highest BCUT2D eigenvalue weighted by molar-refractivity contribution is 5.82. The standard InChI is InChI=1S/C21H30FN3O2/c1-15(2)23-9-11-24(12-10-23)18-5-7-25(8-6-18)21(26)20-14-16-13-17(22)3-4-19(16)27-20/h3-4,13,15,18,20H,5-12,14H2,1-2H3. The molecule has 2 saturated heterocycles. The molecule has 1 atom stereocenters. The van der Waals surface area contributed by atoms with Crippen molar-refractivity contribution in [2.45, 2.75) is 51.3 Å². The Kier molecular flexibility index (Phi) is 5.37. The molecule has 0 bridgehead atoms. The van der Waals surface area contributed by atoms with E-state index in [0.29, 0.717) is 24.3 Å². The van der Waals surface area contributed by atoms with Gasteiger partial charge in [-0.3, -0.25) is 14.6 Å². The van der Waals surface area contributed by atoms with Gasteiger partial charge in [0.2, 0.25) is 0 Å². The van der Waals surface area contributed by atoms with Crippen LogP contribution in [0.1, 0.15) is 32.3 Å². The van der Waals surface area contributed by atoms with Gasteiger partial charge in [-0.1, -0.05) is 0 Å². The van der Waals surface area contributed by atoms with Crippen molar-refractivity contribution in [1.29, 1.82) is 0 Å². The lowest BCUT2D eigenvalue weighted by Gasteiger charge is -2.44. The zero-order chi connectivity index (χ0) is 19.0. The highest BCUT2D eigenvalue weighted by Gasteiger charge is 2.35. The van der Waals surface area contributed by atoms with Crippen LogP contribution in [-0.4, -0.2) is 78.1 Å². The van der Waals surface area contributed by atoms with Crippen molar-refractivity contribution in [3.8, 4) is 5.75 Å². The average Bonchev–Trinajstić information content (AvgIpc) is 3.11. The van der Waals surface area contributed by atoms with Gasteiger partial charge in [0, 0.05) is 63.3 Å². The number of benzene rings is 1. The molecule has 27 heavy (non-hydrogen) atoms. The summed E-state index contributed by atoms with van der Waals surface area (Å²) in [5.74, 6) is 0.422. The van der Waals surface area contributed by atoms with Crippen LogP contribution in [0, 0.1) is 5.82 Å². The van der Waals surface area contributed by atoms with Gasteiger partial charge < -0.3 is 9.64 Å². The smallest absolute Gasteiger partial charge is 0.263 e. The number of hydrogen-bond acceptors (Lipinski definition) is 4. The number of carbonyl (C=O) groups is 1. The number of nitrogens with zero attached hydrogens (tertiary/aromatic N) is 3. The maximum absolute atomic E-state index is 13.4. The van der Waals surface area contributed by atoms with Crippen molar-refractivity contribution in [1.82, 2.24) is 14.7 Å². The van der Waals surface area contributed by atoms with E-state index >= 15 is 0 Å². The summed E-state index contributed by atoms with van der Waals surface area (Å²) in [4.78, 5) is 19.9. The van der Waals surface area contributed by atoms with Crippen molar-refractivity contribution in [3.63, 3.8) is 0 Å². The summed E-state index contributed by atoms with van der Waals surface area (Å²) in [6.07, 6.45) is 2.04. The fraction of sp³-hybridized carbons (Fsp3) is 0.667. The number of piperidine rings is 1. The van der Waals surface area contributed by atoms with Crippen LogP contribution < -0.4 is 4.74 Å². The van der Waals surface area contributed by atoms with Gasteiger partial charge in [-0.2, -0.15) is 0 Å². The second kappa shape index (κ2) is 7.76.